The fourth-order valence-electron chi connectivity index (χ4n) is 4.08. The lowest BCUT2D eigenvalue weighted by Gasteiger charge is -2.35. The Morgan fingerprint density at radius 1 is 1.18 bits per heavy atom. The average Bonchev–Trinajstić information content (AvgIpc) is 2.92. The number of aromatic nitrogens is 3. The Kier molecular flexibility index (Phi) is 4.25. The molecule has 1 aliphatic heterocycles. The molecule has 0 unspecified atom stereocenters. The maximum atomic E-state index is 13.3. The number of nitrogens with zero attached hydrogens (tertiary/aromatic N) is 3. The second kappa shape index (κ2) is 6.63. The summed E-state index contributed by atoms with van der Waals surface area (Å²) in [6, 6.07) is 3.00. The van der Waals surface area contributed by atoms with Crippen LogP contribution in [0.2, 0.25) is 0 Å². The molecule has 2 amide bonds. The van der Waals surface area contributed by atoms with E-state index in [1.807, 2.05) is 0 Å². The Balaban J connectivity index is 1.76. The van der Waals surface area contributed by atoms with Crippen LogP contribution in [0.5, 0.6) is 0 Å². The summed E-state index contributed by atoms with van der Waals surface area (Å²) >= 11 is 0. The van der Waals surface area contributed by atoms with Crippen molar-refractivity contribution in [3.63, 3.8) is 0 Å². The molecule has 0 bridgehead atoms. The SMILES string of the molecule is Cc1cc(Nc2cc(NC(=O)O)ncn2)c(=O)n2c1C(=O)NC21CCCCC1. The van der Waals surface area contributed by atoms with Crippen LogP contribution in [-0.2, 0) is 5.66 Å². The predicted octanol–water partition coefficient (Wildman–Crippen LogP) is 2.14. The summed E-state index contributed by atoms with van der Waals surface area (Å²) in [5, 5.41) is 16.9. The van der Waals surface area contributed by atoms with Crippen LogP contribution in [0.1, 0.15) is 48.2 Å². The Labute approximate surface area is 160 Å². The summed E-state index contributed by atoms with van der Waals surface area (Å²) < 4.78 is 1.59. The molecule has 146 valence electrons. The lowest BCUT2D eigenvalue weighted by atomic mass is 9.89. The van der Waals surface area contributed by atoms with E-state index >= 15 is 0 Å². The molecule has 0 saturated heterocycles. The van der Waals surface area contributed by atoms with Gasteiger partial charge in [-0.25, -0.2) is 14.8 Å². The lowest BCUT2D eigenvalue weighted by molar-refractivity contribution is 0.0876. The van der Waals surface area contributed by atoms with Gasteiger partial charge in [0.15, 0.2) is 0 Å². The van der Waals surface area contributed by atoms with Crippen molar-refractivity contribution < 1.29 is 14.7 Å². The van der Waals surface area contributed by atoms with Crippen LogP contribution in [-0.4, -0.2) is 31.6 Å². The third-order valence-corrected chi connectivity index (χ3v) is 5.23. The van der Waals surface area contributed by atoms with Gasteiger partial charge in [-0.05, 0) is 44.2 Å². The highest BCUT2D eigenvalue weighted by atomic mass is 16.4. The van der Waals surface area contributed by atoms with Crippen molar-refractivity contribution >= 4 is 29.3 Å². The third-order valence-electron chi connectivity index (χ3n) is 5.23. The number of amides is 2. The highest BCUT2D eigenvalue weighted by molar-refractivity contribution is 5.97. The summed E-state index contributed by atoms with van der Waals surface area (Å²) in [4.78, 5) is 44.4. The number of carboxylic acid groups (broad SMARTS) is 1. The van der Waals surface area contributed by atoms with Crippen molar-refractivity contribution in [2.45, 2.75) is 44.7 Å². The number of pyridine rings is 1. The quantitative estimate of drug-likeness (QED) is 0.636. The molecule has 10 nitrogen and oxygen atoms in total. The topological polar surface area (TPSA) is 138 Å². The number of anilines is 3. The Morgan fingerprint density at radius 2 is 1.89 bits per heavy atom. The fraction of sp³-hybridized carbons (Fsp3) is 0.389. The Bertz CT molecular complexity index is 1030. The van der Waals surface area contributed by atoms with E-state index in [1.54, 1.807) is 17.6 Å². The molecule has 0 aromatic carbocycles. The second-order valence-electron chi connectivity index (χ2n) is 7.12. The molecule has 1 saturated carbocycles. The molecule has 2 aromatic rings. The molecule has 1 fully saturated rings. The van der Waals surface area contributed by atoms with Crippen LogP contribution in [0.4, 0.5) is 22.1 Å². The fourth-order valence-corrected chi connectivity index (χ4v) is 4.08. The summed E-state index contributed by atoms with van der Waals surface area (Å²) in [5.41, 5.74) is 0.356. The first-order chi connectivity index (χ1) is 13.4. The molecule has 10 heteroatoms. The van der Waals surface area contributed by atoms with Crippen molar-refractivity contribution in [1.82, 2.24) is 19.9 Å². The summed E-state index contributed by atoms with van der Waals surface area (Å²) in [6.45, 7) is 1.79. The van der Waals surface area contributed by atoms with E-state index in [0.29, 0.717) is 24.1 Å². The molecule has 2 aliphatic rings. The monoisotopic (exact) mass is 384 g/mol. The van der Waals surface area contributed by atoms with Gasteiger partial charge in [-0.1, -0.05) is 6.42 Å². The second-order valence-corrected chi connectivity index (χ2v) is 7.12. The van der Waals surface area contributed by atoms with Gasteiger partial charge in [-0.15, -0.1) is 0 Å². The number of nitrogens with one attached hydrogen (secondary N) is 3. The maximum Gasteiger partial charge on any atom is 0.410 e. The minimum absolute atomic E-state index is 0.0866. The van der Waals surface area contributed by atoms with Crippen LogP contribution in [0.15, 0.2) is 23.3 Å². The molecule has 0 atom stereocenters. The number of hydrogen-bond acceptors (Lipinski definition) is 6. The third kappa shape index (κ3) is 2.96. The largest absolute Gasteiger partial charge is 0.465 e. The Hall–Kier alpha value is -3.43. The molecule has 28 heavy (non-hydrogen) atoms. The predicted molar refractivity (Wildman–Crippen MR) is 101 cm³/mol. The van der Waals surface area contributed by atoms with Gasteiger partial charge in [0.2, 0.25) is 0 Å². The van der Waals surface area contributed by atoms with Gasteiger partial charge in [0, 0.05) is 6.07 Å². The number of carbonyl (C=O) groups is 2. The molecular formula is C18H20N6O4. The number of carbonyl (C=O) groups excluding carboxylic acids is 1. The maximum absolute atomic E-state index is 13.3. The molecule has 2 aromatic heterocycles. The van der Waals surface area contributed by atoms with E-state index in [9.17, 15) is 14.4 Å². The number of aryl methyl sites for hydroxylation is 1. The van der Waals surface area contributed by atoms with Gasteiger partial charge in [0.1, 0.15) is 35.0 Å². The number of rotatable bonds is 3. The van der Waals surface area contributed by atoms with Gasteiger partial charge in [-0.2, -0.15) is 0 Å². The summed E-state index contributed by atoms with van der Waals surface area (Å²) in [6.07, 6.45) is 4.35. The Morgan fingerprint density at radius 3 is 2.61 bits per heavy atom. The van der Waals surface area contributed by atoms with Crippen LogP contribution in [0, 0.1) is 6.92 Å². The van der Waals surface area contributed by atoms with E-state index in [-0.39, 0.29) is 28.8 Å². The van der Waals surface area contributed by atoms with Gasteiger partial charge in [0.25, 0.3) is 11.5 Å². The zero-order valence-corrected chi connectivity index (χ0v) is 15.3. The minimum atomic E-state index is -1.25. The lowest BCUT2D eigenvalue weighted by Crippen LogP contribution is -2.48. The first kappa shape index (κ1) is 18.0. The van der Waals surface area contributed by atoms with E-state index in [1.165, 1.54) is 12.4 Å². The van der Waals surface area contributed by atoms with Gasteiger partial charge in [-0.3, -0.25) is 19.5 Å². The number of fused-ring (bicyclic) bond motifs is 2. The van der Waals surface area contributed by atoms with Crippen molar-refractivity contribution in [2.24, 2.45) is 0 Å². The summed E-state index contributed by atoms with van der Waals surface area (Å²) in [7, 11) is 0. The number of hydrogen-bond donors (Lipinski definition) is 4. The minimum Gasteiger partial charge on any atom is -0.465 e. The molecule has 1 spiro atoms. The highest BCUT2D eigenvalue weighted by Gasteiger charge is 2.45. The van der Waals surface area contributed by atoms with Crippen molar-refractivity contribution in [3.05, 3.63) is 40.1 Å². The molecule has 3 heterocycles. The molecular weight excluding hydrogens is 364 g/mol. The van der Waals surface area contributed by atoms with E-state index in [4.69, 9.17) is 5.11 Å². The smallest absolute Gasteiger partial charge is 0.410 e. The van der Waals surface area contributed by atoms with Crippen molar-refractivity contribution in [2.75, 3.05) is 10.6 Å². The molecule has 4 rings (SSSR count). The zero-order valence-electron chi connectivity index (χ0n) is 15.3. The first-order valence-corrected chi connectivity index (χ1v) is 9.08. The molecule has 1 aliphatic carbocycles. The van der Waals surface area contributed by atoms with Gasteiger partial charge in [0.05, 0.1) is 0 Å². The summed E-state index contributed by atoms with van der Waals surface area (Å²) in [5.74, 6) is 0.132. The first-order valence-electron chi connectivity index (χ1n) is 9.08. The van der Waals surface area contributed by atoms with Crippen molar-refractivity contribution in [1.29, 1.82) is 0 Å². The van der Waals surface area contributed by atoms with E-state index in [0.717, 1.165) is 19.3 Å². The van der Waals surface area contributed by atoms with Crippen molar-refractivity contribution in [3.8, 4) is 0 Å². The standard InChI is InChI=1S/C18H20N6O4/c1-10-7-11(21-12-8-13(20-9-19-12)22-17(27)28)16(26)24-14(10)15(25)23-18(24)5-3-2-4-6-18/h7-9H,2-6H2,1H3,(H,23,25)(H,27,28)(H2,19,20,21,22). The highest BCUT2D eigenvalue weighted by Crippen LogP contribution is 2.37. The zero-order chi connectivity index (χ0) is 19.9. The van der Waals surface area contributed by atoms with Crippen LogP contribution >= 0.6 is 0 Å². The van der Waals surface area contributed by atoms with Crippen LogP contribution in [0.25, 0.3) is 0 Å². The van der Waals surface area contributed by atoms with Gasteiger partial charge >= 0.3 is 6.09 Å². The van der Waals surface area contributed by atoms with Gasteiger partial charge < -0.3 is 15.7 Å². The molecule has 0 radical (unpaired) electrons. The van der Waals surface area contributed by atoms with E-state index < -0.39 is 11.8 Å². The average molecular weight is 384 g/mol. The molecule has 4 N–H and O–H groups in total. The normalized spacial score (nSPS) is 17.1. The van der Waals surface area contributed by atoms with Crippen LogP contribution < -0.4 is 21.5 Å². The van der Waals surface area contributed by atoms with E-state index in [2.05, 4.69) is 25.9 Å². The van der Waals surface area contributed by atoms with Crippen LogP contribution in [0.3, 0.4) is 0 Å².